The molecule has 0 spiro atoms. The Balaban J connectivity index is 1.84. The number of fused-ring (bicyclic) bond motifs is 1. The average molecular weight is 418 g/mol. The van der Waals surface area contributed by atoms with Crippen LogP contribution < -0.4 is 11.2 Å². The van der Waals surface area contributed by atoms with Gasteiger partial charge in [-0.15, -0.1) is 11.3 Å². The zero-order chi connectivity index (χ0) is 19.8. The molecule has 1 aromatic carbocycles. The van der Waals surface area contributed by atoms with Crippen molar-refractivity contribution in [2.45, 2.75) is 38.8 Å². The Morgan fingerprint density at radius 3 is 2.82 bits per heavy atom. The Bertz CT molecular complexity index is 1160. The van der Waals surface area contributed by atoms with E-state index in [4.69, 9.17) is 11.6 Å². The molecule has 4 rings (SSSR count). The van der Waals surface area contributed by atoms with Crippen molar-refractivity contribution in [1.29, 1.82) is 0 Å². The van der Waals surface area contributed by atoms with E-state index in [-0.39, 0.29) is 18.5 Å². The van der Waals surface area contributed by atoms with Gasteiger partial charge in [0.1, 0.15) is 11.2 Å². The van der Waals surface area contributed by atoms with Crippen LogP contribution in [-0.2, 0) is 11.3 Å². The van der Waals surface area contributed by atoms with E-state index in [2.05, 4.69) is 0 Å². The smallest absolute Gasteiger partial charge is 0.336 e. The van der Waals surface area contributed by atoms with Crippen molar-refractivity contribution in [1.82, 2.24) is 14.0 Å². The Morgan fingerprint density at radius 2 is 2.07 bits per heavy atom. The molecule has 0 saturated carbocycles. The van der Waals surface area contributed by atoms with Crippen molar-refractivity contribution in [3.63, 3.8) is 0 Å². The molecule has 28 heavy (non-hydrogen) atoms. The van der Waals surface area contributed by atoms with Crippen LogP contribution in [0.15, 0.2) is 45.3 Å². The van der Waals surface area contributed by atoms with E-state index in [1.165, 1.54) is 15.9 Å². The van der Waals surface area contributed by atoms with Gasteiger partial charge in [-0.1, -0.05) is 17.7 Å². The lowest BCUT2D eigenvalue weighted by Crippen LogP contribution is -2.46. The zero-order valence-electron chi connectivity index (χ0n) is 15.4. The van der Waals surface area contributed by atoms with Gasteiger partial charge in [-0.3, -0.25) is 14.2 Å². The van der Waals surface area contributed by atoms with E-state index < -0.39 is 11.2 Å². The minimum Gasteiger partial charge on any atom is -0.338 e. The largest absolute Gasteiger partial charge is 0.338 e. The SMILES string of the molecule is C[C@H]1CCCCN1C(=O)Cn1c(=O)n(-c2cccc(Cl)c2)c(=O)c2sccc21. The molecule has 1 saturated heterocycles. The number of likely N-dealkylation sites (tertiary alicyclic amines) is 1. The molecule has 1 aliphatic rings. The number of nitrogens with zero attached hydrogens (tertiary/aromatic N) is 3. The number of hydrogen-bond acceptors (Lipinski definition) is 4. The molecular weight excluding hydrogens is 398 g/mol. The van der Waals surface area contributed by atoms with Crippen LogP contribution in [0.3, 0.4) is 0 Å². The van der Waals surface area contributed by atoms with Crippen LogP contribution >= 0.6 is 22.9 Å². The van der Waals surface area contributed by atoms with Gasteiger partial charge in [0.25, 0.3) is 5.56 Å². The summed E-state index contributed by atoms with van der Waals surface area (Å²) in [6.45, 7) is 2.65. The van der Waals surface area contributed by atoms with Gasteiger partial charge >= 0.3 is 5.69 Å². The third-order valence-corrected chi connectivity index (χ3v) is 6.36. The lowest BCUT2D eigenvalue weighted by atomic mass is 10.0. The standard InChI is InChI=1S/C20H20ClN3O3S/c1-13-5-2-3-9-22(13)17(25)12-23-16-8-10-28-18(16)19(26)24(20(23)27)15-7-4-6-14(21)11-15/h4,6-8,10-11,13H,2-3,5,9,12H2,1H3/t13-/m0/s1. The van der Waals surface area contributed by atoms with E-state index in [1.54, 1.807) is 35.7 Å². The highest BCUT2D eigenvalue weighted by atomic mass is 35.5. The number of halogens is 1. The second-order valence-corrected chi connectivity index (χ2v) is 8.41. The van der Waals surface area contributed by atoms with Crippen molar-refractivity contribution in [2.24, 2.45) is 0 Å². The van der Waals surface area contributed by atoms with E-state index in [1.807, 2.05) is 11.8 Å². The molecule has 8 heteroatoms. The molecule has 3 heterocycles. The number of carbonyl (C=O) groups is 1. The summed E-state index contributed by atoms with van der Waals surface area (Å²) in [6.07, 6.45) is 3.05. The summed E-state index contributed by atoms with van der Waals surface area (Å²) in [5.41, 5.74) is -0.0369. The Labute approximate surface area is 170 Å². The number of rotatable bonds is 3. The monoisotopic (exact) mass is 417 g/mol. The molecule has 1 aliphatic heterocycles. The minimum absolute atomic E-state index is 0.0861. The minimum atomic E-state index is -0.531. The summed E-state index contributed by atoms with van der Waals surface area (Å²) in [6, 6.07) is 8.48. The fraction of sp³-hybridized carbons (Fsp3) is 0.350. The molecule has 1 atom stereocenters. The van der Waals surface area contributed by atoms with Gasteiger partial charge < -0.3 is 4.90 Å². The highest BCUT2D eigenvalue weighted by Gasteiger charge is 2.25. The van der Waals surface area contributed by atoms with E-state index >= 15 is 0 Å². The molecule has 6 nitrogen and oxygen atoms in total. The molecule has 0 N–H and O–H groups in total. The molecule has 1 amide bonds. The zero-order valence-corrected chi connectivity index (χ0v) is 17.0. The second kappa shape index (κ2) is 7.56. The van der Waals surface area contributed by atoms with Crippen molar-refractivity contribution < 1.29 is 4.79 Å². The number of hydrogen-bond donors (Lipinski definition) is 0. The predicted molar refractivity (Wildman–Crippen MR) is 112 cm³/mol. The fourth-order valence-corrected chi connectivity index (χ4v) is 4.79. The van der Waals surface area contributed by atoms with E-state index in [9.17, 15) is 14.4 Å². The Morgan fingerprint density at radius 1 is 1.25 bits per heavy atom. The van der Waals surface area contributed by atoms with Gasteiger partial charge in [0.15, 0.2) is 0 Å². The van der Waals surface area contributed by atoms with Crippen molar-refractivity contribution in [3.05, 3.63) is 61.6 Å². The van der Waals surface area contributed by atoms with Crippen LogP contribution in [0.1, 0.15) is 26.2 Å². The van der Waals surface area contributed by atoms with Crippen molar-refractivity contribution in [2.75, 3.05) is 6.54 Å². The number of amides is 1. The first-order valence-corrected chi connectivity index (χ1v) is 10.5. The maximum absolute atomic E-state index is 13.2. The second-order valence-electron chi connectivity index (χ2n) is 7.06. The Hall–Kier alpha value is -2.38. The van der Waals surface area contributed by atoms with Gasteiger partial charge in [0.2, 0.25) is 5.91 Å². The summed E-state index contributed by atoms with van der Waals surface area (Å²) in [5, 5.41) is 2.19. The maximum Gasteiger partial charge on any atom is 0.336 e. The fourth-order valence-electron chi connectivity index (χ4n) is 3.78. The molecule has 0 unspecified atom stereocenters. The van der Waals surface area contributed by atoms with Crippen LogP contribution in [0, 0.1) is 0 Å². The average Bonchev–Trinajstić information content (AvgIpc) is 3.15. The topological polar surface area (TPSA) is 64.3 Å². The first kappa shape index (κ1) is 19.0. The molecule has 146 valence electrons. The first-order valence-electron chi connectivity index (χ1n) is 9.26. The van der Waals surface area contributed by atoms with Gasteiger partial charge in [-0.25, -0.2) is 9.36 Å². The highest BCUT2D eigenvalue weighted by Crippen LogP contribution is 2.20. The molecule has 0 radical (unpaired) electrons. The van der Waals surface area contributed by atoms with Gasteiger partial charge in [-0.05, 0) is 55.8 Å². The van der Waals surface area contributed by atoms with Crippen LogP contribution in [0.2, 0.25) is 5.02 Å². The van der Waals surface area contributed by atoms with E-state index in [0.717, 1.165) is 23.8 Å². The number of benzene rings is 1. The lowest BCUT2D eigenvalue weighted by Gasteiger charge is -2.33. The molecule has 3 aromatic rings. The Kier molecular flexibility index (Phi) is 5.12. The van der Waals surface area contributed by atoms with Gasteiger partial charge in [0.05, 0.1) is 11.2 Å². The summed E-state index contributed by atoms with van der Waals surface area (Å²) in [7, 11) is 0. The first-order chi connectivity index (χ1) is 13.5. The van der Waals surface area contributed by atoms with Crippen LogP contribution in [-0.4, -0.2) is 32.5 Å². The van der Waals surface area contributed by atoms with E-state index in [0.29, 0.717) is 27.5 Å². The number of piperidine rings is 1. The van der Waals surface area contributed by atoms with Crippen LogP contribution in [0.5, 0.6) is 0 Å². The van der Waals surface area contributed by atoms with Gasteiger partial charge in [0, 0.05) is 17.6 Å². The molecular formula is C20H20ClN3O3S. The quantitative estimate of drug-likeness (QED) is 0.657. The van der Waals surface area contributed by atoms with Crippen molar-refractivity contribution >= 4 is 39.1 Å². The molecule has 2 aromatic heterocycles. The molecule has 0 bridgehead atoms. The molecule has 0 aliphatic carbocycles. The normalized spacial score (nSPS) is 17.2. The number of carbonyl (C=O) groups excluding carboxylic acids is 1. The van der Waals surface area contributed by atoms with Crippen LogP contribution in [0.25, 0.3) is 15.9 Å². The summed E-state index contributed by atoms with van der Waals surface area (Å²) >= 11 is 7.32. The van der Waals surface area contributed by atoms with Crippen LogP contribution in [0.4, 0.5) is 0 Å². The third-order valence-electron chi connectivity index (χ3n) is 5.24. The van der Waals surface area contributed by atoms with Crippen molar-refractivity contribution in [3.8, 4) is 5.69 Å². The molecule has 1 fully saturated rings. The summed E-state index contributed by atoms with van der Waals surface area (Å²) in [5.74, 6) is -0.0990. The lowest BCUT2D eigenvalue weighted by molar-refractivity contribution is -0.135. The number of thiophene rings is 1. The summed E-state index contributed by atoms with van der Waals surface area (Å²) < 4.78 is 2.94. The number of aromatic nitrogens is 2. The predicted octanol–water partition coefficient (Wildman–Crippen LogP) is 3.27. The maximum atomic E-state index is 13.2. The summed E-state index contributed by atoms with van der Waals surface area (Å²) in [4.78, 5) is 40.9. The third kappa shape index (κ3) is 3.29. The highest BCUT2D eigenvalue weighted by molar-refractivity contribution is 7.17. The van der Waals surface area contributed by atoms with Gasteiger partial charge in [-0.2, -0.15) is 0 Å².